The topological polar surface area (TPSA) is 72.2 Å². The molecule has 3 N–H and O–H groups in total. The molecule has 4 nitrogen and oxygen atoms in total. The number of nitrogens with two attached hydrogens (primary N) is 1. The first-order valence-corrected chi connectivity index (χ1v) is 6.91. The molecule has 0 unspecified atom stereocenters. The summed E-state index contributed by atoms with van der Waals surface area (Å²) in [6, 6.07) is 7.67. The summed E-state index contributed by atoms with van der Waals surface area (Å²) in [5.41, 5.74) is 5.72. The van der Waals surface area contributed by atoms with Gasteiger partial charge in [-0.2, -0.15) is 0 Å². The maximum atomic E-state index is 11.4. The number of nitrogens with one attached hydrogen (secondary N) is 1. The number of hydrogen-bond donors (Lipinski definition) is 2. The second-order valence-electron chi connectivity index (χ2n) is 3.89. The summed E-state index contributed by atoms with van der Waals surface area (Å²) in [6.07, 6.45) is 1.34. The Balaban J connectivity index is 2.42. The Morgan fingerprint density at radius 3 is 2.44 bits per heavy atom. The van der Waals surface area contributed by atoms with Crippen molar-refractivity contribution in [2.75, 3.05) is 11.1 Å². The molecule has 5 heteroatoms. The third-order valence-corrected chi connectivity index (χ3v) is 3.43. The minimum atomic E-state index is -0.462. The maximum absolute atomic E-state index is 11.4. The normalized spacial score (nSPS) is 10.1. The van der Waals surface area contributed by atoms with E-state index in [2.05, 4.69) is 12.2 Å². The Kier molecular flexibility index (Phi) is 6.28. The summed E-state index contributed by atoms with van der Waals surface area (Å²) in [7, 11) is 0. The molecule has 98 valence electrons. The average Bonchev–Trinajstić information content (AvgIpc) is 2.35. The maximum Gasteiger partial charge on any atom is 0.224 e. The fraction of sp³-hybridized carbons (Fsp3) is 0.385. The van der Waals surface area contributed by atoms with Gasteiger partial charge in [-0.05, 0) is 36.4 Å². The molecule has 0 bridgehead atoms. The summed E-state index contributed by atoms with van der Waals surface area (Å²) in [5, 5.41) is 2.72. The highest BCUT2D eigenvalue weighted by Crippen LogP contribution is 2.20. The number of amides is 2. The van der Waals surface area contributed by atoms with Crippen LogP contribution in [-0.2, 0) is 9.59 Å². The lowest BCUT2D eigenvalue weighted by Crippen LogP contribution is -2.17. The zero-order valence-electron chi connectivity index (χ0n) is 10.4. The molecular formula is C13H18N2O2S. The molecule has 0 heterocycles. The Morgan fingerprint density at radius 2 is 1.89 bits per heavy atom. The monoisotopic (exact) mass is 266 g/mol. The van der Waals surface area contributed by atoms with E-state index in [0.717, 1.165) is 17.9 Å². The first kappa shape index (κ1) is 14.6. The third kappa shape index (κ3) is 5.72. The van der Waals surface area contributed by atoms with Gasteiger partial charge >= 0.3 is 0 Å². The van der Waals surface area contributed by atoms with Crippen LogP contribution in [0, 0.1) is 0 Å². The summed E-state index contributed by atoms with van der Waals surface area (Å²) in [4.78, 5) is 23.2. The van der Waals surface area contributed by atoms with E-state index in [4.69, 9.17) is 5.73 Å². The van der Waals surface area contributed by atoms with Crippen LogP contribution >= 0.6 is 11.8 Å². The van der Waals surface area contributed by atoms with E-state index in [1.165, 1.54) is 4.90 Å². The van der Waals surface area contributed by atoms with E-state index in [9.17, 15) is 9.59 Å². The highest BCUT2D eigenvalue weighted by Gasteiger charge is 2.04. The van der Waals surface area contributed by atoms with Gasteiger partial charge in [-0.1, -0.05) is 6.92 Å². The third-order valence-electron chi connectivity index (χ3n) is 2.21. The lowest BCUT2D eigenvalue weighted by molar-refractivity contribution is -0.122. The van der Waals surface area contributed by atoms with Crippen molar-refractivity contribution in [3.05, 3.63) is 24.3 Å². The fourth-order valence-corrected chi connectivity index (χ4v) is 2.08. The molecule has 0 spiro atoms. The zero-order valence-corrected chi connectivity index (χ0v) is 11.3. The van der Waals surface area contributed by atoms with Gasteiger partial charge in [-0.3, -0.25) is 9.59 Å². The Morgan fingerprint density at radius 1 is 1.22 bits per heavy atom. The predicted octanol–water partition coefficient (Wildman–Crippen LogP) is 2.39. The van der Waals surface area contributed by atoms with Crippen LogP contribution in [0.5, 0.6) is 0 Å². The van der Waals surface area contributed by atoms with Gasteiger partial charge in [0.05, 0.1) is 0 Å². The number of benzene rings is 1. The molecule has 0 atom stereocenters. The summed E-state index contributed by atoms with van der Waals surface area (Å²) >= 11 is 1.79. The molecule has 0 aliphatic heterocycles. The van der Waals surface area contributed by atoms with E-state index in [1.807, 2.05) is 24.3 Å². The van der Waals surface area contributed by atoms with E-state index < -0.39 is 5.91 Å². The molecule has 18 heavy (non-hydrogen) atoms. The van der Waals surface area contributed by atoms with Gasteiger partial charge in [0.25, 0.3) is 0 Å². The largest absolute Gasteiger partial charge is 0.370 e. The Labute approximate surface area is 111 Å². The SMILES string of the molecule is CCCSc1ccc(NC(=O)CCC(N)=O)cc1. The molecule has 2 amide bonds. The molecule has 1 aromatic rings. The van der Waals surface area contributed by atoms with E-state index in [0.29, 0.717) is 0 Å². The quantitative estimate of drug-likeness (QED) is 0.744. The number of carbonyl (C=O) groups is 2. The average molecular weight is 266 g/mol. The van der Waals surface area contributed by atoms with Gasteiger partial charge < -0.3 is 11.1 Å². The lowest BCUT2D eigenvalue weighted by atomic mass is 10.2. The summed E-state index contributed by atoms with van der Waals surface area (Å²) < 4.78 is 0. The van der Waals surface area contributed by atoms with Crippen LogP contribution in [0.1, 0.15) is 26.2 Å². The molecule has 0 fully saturated rings. The molecule has 1 aromatic carbocycles. The molecule has 1 rings (SSSR count). The number of thioether (sulfide) groups is 1. The van der Waals surface area contributed by atoms with Gasteiger partial charge in [0.1, 0.15) is 0 Å². The van der Waals surface area contributed by atoms with Crippen molar-refractivity contribution in [2.24, 2.45) is 5.73 Å². The van der Waals surface area contributed by atoms with E-state index in [1.54, 1.807) is 11.8 Å². The van der Waals surface area contributed by atoms with Crippen LogP contribution in [0.4, 0.5) is 5.69 Å². The Hall–Kier alpha value is -1.49. The Bertz CT molecular complexity index is 404. The zero-order chi connectivity index (χ0) is 13.4. The number of hydrogen-bond acceptors (Lipinski definition) is 3. The van der Waals surface area contributed by atoms with Gasteiger partial charge in [-0.15, -0.1) is 11.8 Å². The van der Waals surface area contributed by atoms with Crippen LogP contribution < -0.4 is 11.1 Å². The molecule has 0 saturated heterocycles. The molecule has 0 radical (unpaired) electrons. The second-order valence-corrected chi connectivity index (χ2v) is 5.06. The van der Waals surface area contributed by atoms with E-state index >= 15 is 0 Å². The number of rotatable bonds is 7. The second kappa shape index (κ2) is 7.76. The van der Waals surface area contributed by atoms with Crippen molar-refractivity contribution in [1.82, 2.24) is 0 Å². The van der Waals surface area contributed by atoms with Crippen LogP contribution in [0.2, 0.25) is 0 Å². The molecular weight excluding hydrogens is 248 g/mol. The van der Waals surface area contributed by atoms with Gasteiger partial charge in [-0.25, -0.2) is 0 Å². The standard InChI is InChI=1S/C13H18N2O2S/c1-2-9-18-11-5-3-10(4-6-11)15-13(17)8-7-12(14)16/h3-6H,2,7-9H2,1H3,(H2,14,16)(H,15,17). The van der Waals surface area contributed by atoms with Crippen molar-refractivity contribution in [3.63, 3.8) is 0 Å². The predicted molar refractivity (Wildman–Crippen MR) is 74.5 cm³/mol. The molecule has 0 aromatic heterocycles. The minimum Gasteiger partial charge on any atom is -0.370 e. The van der Waals surface area contributed by atoms with Crippen molar-refractivity contribution < 1.29 is 9.59 Å². The molecule has 0 saturated carbocycles. The summed E-state index contributed by atoms with van der Waals surface area (Å²) in [6.45, 7) is 2.14. The van der Waals surface area contributed by atoms with Gasteiger partial charge in [0, 0.05) is 23.4 Å². The van der Waals surface area contributed by atoms with Crippen molar-refractivity contribution in [2.45, 2.75) is 31.1 Å². The first-order valence-electron chi connectivity index (χ1n) is 5.93. The van der Waals surface area contributed by atoms with Crippen molar-refractivity contribution in [3.8, 4) is 0 Å². The fourth-order valence-electron chi connectivity index (χ4n) is 1.31. The smallest absolute Gasteiger partial charge is 0.224 e. The van der Waals surface area contributed by atoms with Crippen molar-refractivity contribution >= 4 is 29.3 Å². The number of carbonyl (C=O) groups excluding carboxylic acids is 2. The van der Waals surface area contributed by atoms with Crippen LogP contribution in [0.25, 0.3) is 0 Å². The van der Waals surface area contributed by atoms with Crippen LogP contribution in [0.3, 0.4) is 0 Å². The van der Waals surface area contributed by atoms with E-state index in [-0.39, 0.29) is 18.7 Å². The minimum absolute atomic E-state index is 0.0796. The highest BCUT2D eigenvalue weighted by molar-refractivity contribution is 7.99. The lowest BCUT2D eigenvalue weighted by Gasteiger charge is -2.05. The van der Waals surface area contributed by atoms with Gasteiger partial charge in [0.15, 0.2) is 0 Å². The first-order chi connectivity index (χ1) is 8.61. The summed E-state index contributed by atoms with van der Waals surface area (Å²) in [5.74, 6) is 0.434. The highest BCUT2D eigenvalue weighted by atomic mass is 32.2. The molecule has 0 aliphatic rings. The van der Waals surface area contributed by atoms with Crippen LogP contribution in [0.15, 0.2) is 29.2 Å². The number of primary amides is 1. The van der Waals surface area contributed by atoms with Crippen LogP contribution in [-0.4, -0.2) is 17.6 Å². The number of anilines is 1. The van der Waals surface area contributed by atoms with Crippen molar-refractivity contribution in [1.29, 1.82) is 0 Å². The van der Waals surface area contributed by atoms with Gasteiger partial charge in [0.2, 0.25) is 11.8 Å². The molecule has 0 aliphatic carbocycles.